The molecule has 1 atom stereocenters. The first-order valence-corrected chi connectivity index (χ1v) is 9.52. The highest BCUT2D eigenvalue weighted by atomic mass is 19.4. The van der Waals surface area contributed by atoms with Gasteiger partial charge in [-0.15, -0.1) is 0 Å². The number of alkyl halides is 3. The number of halogens is 3. The maximum absolute atomic E-state index is 13.6. The van der Waals surface area contributed by atoms with Crippen molar-refractivity contribution in [2.24, 2.45) is 0 Å². The van der Waals surface area contributed by atoms with Crippen LogP contribution in [0, 0.1) is 25.2 Å². The number of rotatable bonds is 3. The summed E-state index contributed by atoms with van der Waals surface area (Å²) in [6.45, 7) is 3.88. The van der Waals surface area contributed by atoms with Gasteiger partial charge in [0.05, 0.1) is 11.6 Å². The second kappa shape index (κ2) is 7.44. The Morgan fingerprint density at radius 1 is 1.17 bits per heavy atom. The SMILES string of the molecule is Cc1cccc(-n2ccnc2C2CCCN2c2nc(C)cc(C(F)(F)F)c2C#N)n1. The molecule has 0 amide bonds. The molecule has 1 unspecified atom stereocenters. The molecule has 3 aromatic heterocycles. The number of aromatic nitrogens is 4. The molecule has 1 saturated heterocycles. The molecule has 3 aromatic rings. The Bertz CT molecular complexity index is 1130. The highest BCUT2D eigenvalue weighted by molar-refractivity contribution is 5.60. The van der Waals surface area contributed by atoms with Crippen LogP contribution in [0.25, 0.3) is 5.82 Å². The molecular formula is C21H19F3N6. The maximum Gasteiger partial charge on any atom is 0.417 e. The van der Waals surface area contributed by atoms with Gasteiger partial charge in [0.15, 0.2) is 0 Å². The van der Waals surface area contributed by atoms with Crippen LogP contribution in [0.3, 0.4) is 0 Å². The lowest BCUT2D eigenvalue weighted by Gasteiger charge is -2.28. The summed E-state index contributed by atoms with van der Waals surface area (Å²) >= 11 is 0. The molecule has 1 aliphatic rings. The first-order chi connectivity index (χ1) is 14.3. The Hall–Kier alpha value is -3.41. The molecule has 154 valence electrons. The summed E-state index contributed by atoms with van der Waals surface area (Å²) in [6.07, 6.45) is 0.230. The quantitative estimate of drug-likeness (QED) is 0.633. The van der Waals surface area contributed by atoms with Gasteiger partial charge in [-0.05, 0) is 44.9 Å². The molecule has 0 spiro atoms. The van der Waals surface area contributed by atoms with E-state index in [-0.39, 0.29) is 17.6 Å². The lowest BCUT2D eigenvalue weighted by molar-refractivity contribution is -0.137. The predicted molar refractivity (Wildman–Crippen MR) is 104 cm³/mol. The Labute approximate surface area is 171 Å². The fourth-order valence-electron chi connectivity index (χ4n) is 3.91. The van der Waals surface area contributed by atoms with Gasteiger partial charge < -0.3 is 4.90 Å². The zero-order valence-electron chi connectivity index (χ0n) is 16.5. The monoisotopic (exact) mass is 412 g/mol. The van der Waals surface area contributed by atoms with Gasteiger partial charge in [-0.2, -0.15) is 18.4 Å². The van der Waals surface area contributed by atoms with E-state index in [1.165, 1.54) is 6.92 Å². The molecule has 0 aliphatic carbocycles. The van der Waals surface area contributed by atoms with Gasteiger partial charge in [-0.3, -0.25) is 4.57 Å². The van der Waals surface area contributed by atoms with Crippen molar-refractivity contribution >= 4 is 5.82 Å². The van der Waals surface area contributed by atoms with Gasteiger partial charge >= 0.3 is 6.18 Å². The van der Waals surface area contributed by atoms with Gasteiger partial charge in [0.1, 0.15) is 29.1 Å². The first-order valence-electron chi connectivity index (χ1n) is 9.52. The van der Waals surface area contributed by atoms with Crippen molar-refractivity contribution in [3.05, 3.63) is 65.0 Å². The molecule has 6 nitrogen and oxygen atoms in total. The Morgan fingerprint density at radius 2 is 1.97 bits per heavy atom. The van der Waals surface area contributed by atoms with Crippen LogP contribution in [-0.2, 0) is 6.18 Å². The highest BCUT2D eigenvalue weighted by Gasteiger charge is 2.39. The van der Waals surface area contributed by atoms with Gasteiger partial charge in [0.25, 0.3) is 0 Å². The molecule has 1 aliphatic heterocycles. The fraction of sp³-hybridized carbons (Fsp3) is 0.333. The second-order valence-corrected chi connectivity index (χ2v) is 7.26. The molecule has 4 heterocycles. The van der Waals surface area contributed by atoms with E-state index in [4.69, 9.17) is 0 Å². The summed E-state index contributed by atoms with van der Waals surface area (Å²) in [5.41, 5.74) is -0.350. The van der Waals surface area contributed by atoms with Crippen LogP contribution in [0.1, 0.15) is 47.2 Å². The van der Waals surface area contributed by atoms with Crippen LogP contribution in [0.15, 0.2) is 36.7 Å². The zero-order chi connectivity index (χ0) is 21.5. The van der Waals surface area contributed by atoms with Crippen LogP contribution in [0.2, 0.25) is 0 Å². The van der Waals surface area contributed by atoms with Crippen molar-refractivity contribution in [1.82, 2.24) is 19.5 Å². The Kier molecular flexibility index (Phi) is 4.94. The van der Waals surface area contributed by atoms with Crippen molar-refractivity contribution < 1.29 is 13.2 Å². The molecule has 0 bridgehead atoms. The number of imidazole rings is 1. The Balaban J connectivity index is 1.82. The number of pyridine rings is 2. The Morgan fingerprint density at radius 3 is 2.67 bits per heavy atom. The lowest BCUT2D eigenvalue weighted by Crippen LogP contribution is -2.28. The maximum atomic E-state index is 13.6. The van der Waals surface area contributed by atoms with E-state index >= 15 is 0 Å². The van der Waals surface area contributed by atoms with E-state index in [2.05, 4.69) is 15.0 Å². The van der Waals surface area contributed by atoms with Gasteiger partial charge in [0, 0.05) is 30.3 Å². The molecular weight excluding hydrogens is 393 g/mol. The van der Waals surface area contributed by atoms with E-state index in [0.717, 1.165) is 18.2 Å². The molecule has 1 fully saturated rings. The smallest absolute Gasteiger partial charge is 0.345 e. The summed E-state index contributed by atoms with van der Waals surface area (Å²) < 4.78 is 42.5. The molecule has 0 radical (unpaired) electrons. The topological polar surface area (TPSA) is 70.6 Å². The minimum atomic E-state index is -4.63. The molecule has 4 rings (SSSR count). The largest absolute Gasteiger partial charge is 0.417 e. The van der Waals surface area contributed by atoms with Gasteiger partial charge in [-0.1, -0.05) is 6.07 Å². The second-order valence-electron chi connectivity index (χ2n) is 7.26. The number of anilines is 1. The summed E-state index contributed by atoms with van der Waals surface area (Å²) in [6, 6.07) is 7.96. The number of aryl methyl sites for hydroxylation is 2. The number of nitriles is 1. The van der Waals surface area contributed by atoms with E-state index in [1.54, 1.807) is 23.4 Å². The van der Waals surface area contributed by atoms with E-state index in [9.17, 15) is 18.4 Å². The zero-order valence-corrected chi connectivity index (χ0v) is 16.5. The highest BCUT2D eigenvalue weighted by Crippen LogP contribution is 2.41. The van der Waals surface area contributed by atoms with E-state index in [0.29, 0.717) is 24.6 Å². The molecule has 9 heteroatoms. The first kappa shape index (κ1) is 19.9. The van der Waals surface area contributed by atoms with Crippen molar-refractivity contribution in [3.63, 3.8) is 0 Å². The van der Waals surface area contributed by atoms with Crippen LogP contribution >= 0.6 is 0 Å². The standard InChI is InChI=1S/C21H19F3N6/c1-13-5-3-7-18(27-13)30-10-8-26-20(30)17-6-4-9-29(17)19-15(12-25)16(21(22,23)24)11-14(2)28-19/h3,5,7-8,10-11,17H,4,6,9H2,1-2H3. The summed E-state index contributed by atoms with van der Waals surface area (Å²) in [4.78, 5) is 15.1. The van der Waals surface area contributed by atoms with E-state index in [1.807, 2.05) is 29.7 Å². The van der Waals surface area contributed by atoms with Crippen molar-refractivity contribution in [2.75, 3.05) is 11.4 Å². The third-order valence-electron chi connectivity index (χ3n) is 5.16. The number of nitrogens with zero attached hydrogens (tertiary/aromatic N) is 6. The molecule has 30 heavy (non-hydrogen) atoms. The van der Waals surface area contributed by atoms with Gasteiger partial charge in [0.2, 0.25) is 0 Å². The van der Waals surface area contributed by atoms with Crippen molar-refractivity contribution in [3.8, 4) is 11.9 Å². The van der Waals surface area contributed by atoms with Crippen LogP contribution in [0.5, 0.6) is 0 Å². The van der Waals surface area contributed by atoms with Crippen molar-refractivity contribution in [1.29, 1.82) is 5.26 Å². The van der Waals surface area contributed by atoms with Gasteiger partial charge in [-0.25, -0.2) is 15.0 Å². The fourth-order valence-corrected chi connectivity index (χ4v) is 3.91. The number of hydrogen-bond acceptors (Lipinski definition) is 5. The third kappa shape index (κ3) is 3.49. The average Bonchev–Trinajstić information content (AvgIpc) is 3.35. The summed E-state index contributed by atoms with van der Waals surface area (Å²) in [5.74, 6) is 1.40. The average molecular weight is 412 g/mol. The van der Waals surface area contributed by atoms with Crippen LogP contribution in [-0.4, -0.2) is 26.1 Å². The third-order valence-corrected chi connectivity index (χ3v) is 5.16. The summed E-state index contributed by atoms with van der Waals surface area (Å²) in [7, 11) is 0. The minimum Gasteiger partial charge on any atom is -0.345 e. The summed E-state index contributed by atoms with van der Waals surface area (Å²) in [5, 5.41) is 9.55. The van der Waals surface area contributed by atoms with Crippen LogP contribution in [0.4, 0.5) is 19.0 Å². The predicted octanol–water partition coefficient (Wildman–Crippen LogP) is 4.51. The molecule has 0 N–H and O–H groups in total. The van der Waals surface area contributed by atoms with E-state index < -0.39 is 17.3 Å². The lowest BCUT2D eigenvalue weighted by atomic mass is 10.1. The number of hydrogen-bond donors (Lipinski definition) is 0. The molecule has 0 saturated carbocycles. The van der Waals surface area contributed by atoms with Crippen molar-refractivity contribution in [2.45, 2.75) is 38.9 Å². The molecule has 0 aromatic carbocycles. The normalized spacial score (nSPS) is 16.7. The van der Waals surface area contributed by atoms with Crippen LogP contribution < -0.4 is 4.90 Å². The minimum absolute atomic E-state index is 0.0547.